The Hall–Kier alpha value is -0.690. The summed E-state index contributed by atoms with van der Waals surface area (Å²) in [6.45, 7) is 5.07. The van der Waals surface area contributed by atoms with E-state index in [-0.39, 0.29) is 0 Å². The molecule has 0 aliphatic carbocycles. The molecule has 0 saturated carbocycles. The number of rotatable bonds is 3. The molecule has 0 radical (unpaired) electrons. The average molecular weight is 184 g/mol. The van der Waals surface area contributed by atoms with Crippen molar-refractivity contribution in [2.24, 2.45) is 0 Å². The molecule has 1 aromatic heterocycles. The maximum atomic E-state index is 5.75. The first kappa shape index (κ1) is 9.40. The van der Waals surface area contributed by atoms with Gasteiger partial charge in [0.2, 0.25) is 0 Å². The van der Waals surface area contributed by atoms with Gasteiger partial charge in [-0.25, -0.2) is 0 Å². The zero-order valence-electron chi connectivity index (χ0n) is 7.55. The highest BCUT2D eigenvalue weighted by molar-refractivity contribution is 6.17. The number of aromatic nitrogens is 1. The Labute approximate surface area is 78.7 Å². The van der Waals surface area contributed by atoms with Crippen molar-refractivity contribution in [1.82, 2.24) is 4.57 Å². The summed E-state index contributed by atoms with van der Waals surface area (Å²) >= 11 is 5.75. The monoisotopic (exact) mass is 183 g/mol. The van der Waals surface area contributed by atoms with E-state index in [0.29, 0.717) is 5.88 Å². The van der Waals surface area contributed by atoms with Crippen LogP contribution in [0.25, 0.3) is 0 Å². The van der Waals surface area contributed by atoms with Gasteiger partial charge in [-0.05, 0) is 25.5 Å². The summed E-state index contributed by atoms with van der Waals surface area (Å²) in [5.74, 6) is 0.606. The van der Waals surface area contributed by atoms with Crippen LogP contribution in [-0.2, 0) is 12.4 Å². The van der Waals surface area contributed by atoms with Crippen molar-refractivity contribution < 1.29 is 0 Å². The van der Waals surface area contributed by atoms with E-state index in [1.165, 1.54) is 11.3 Å². The van der Waals surface area contributed by atoms with Gasteiger partial charge in [0.25, 0.3) is 0 Å². The third-order valence-corrected chi connectivity index (χ3v) is 2.32. The molecule has 0 fully saturated rings. The summed E-state index contributed by atoms with van der Waals surface area (Å²) in [7, 11) is 0. The second kappa shape index (κ2) is 4.36. The molecule has 0 aliphatic rings. The molecule has 0 spiro atoms. The van der Waals surface area contributed by atoms with E-state index in [9.17, 15) is 0 Å². The molecule has 1 heterocycles. The zero-order chi connectivity index (χ0) is 8.97. The predicted molar refractivity (Wildman–Crippen MR) is 53.5 cm³/mol. The fraction of sp³-hybridized carbons (Fsp3) is 0.400. The standard InChI is InChI=1S/C10H14ClN/c1-3-4-6-12-7-5-10(8-11)9(12)2/h3-5,7H,6,8H2,1-2H3/b4-3+. The third kappa shape index (κ3) is 1.92. The topological polar surface area (TPSA) is 4.93 Å². The molecule has 0 bridgehead atoms. The Balaban J connectivity index is 2.79. The smallest absolute Gasteiger partial charge is 0.0491 e. The second-order valence-electron chi connectivity index (χ2n) is 2.78. The van der Waals surface area contributed by atoms with Gasteiger partial charge in [-0.3, -0.25) is 0 Å². The lowest BCUT2D eigenvalue weighted by molar-refractivity contribution is 0.792. The first-order valence-electron chi connectivity index (χ1n) is 4.11. The summed E-state index contributed by atoms with van der Waals surface area (Å²) < 4.78 is 2.19. The molecule has 0 aromatic carbocycles. The SMILES string of the molecule is C/C=C/Cn1ccc(CCl)c1C. The number of hydrogen-bond acceptors (Lipinski definition) is 0. The molecule has 0 atom stereocenters. The van der Waals surface area contributed by atoms with Crippen molar-refractivity contribution in [3.05, 3.63) is 35.7 Å². The Morgan fingerprint density at radius 3 is 2.83 bits per heavy atom. The maximum absolute atomic E-state index is 5.75. The van der Waals surface area contributed by atoms with Crippen molar-refractivity contribution in [3.63, 3.8) is 0 Å². The summed E-state index contributed by atoms with van der Waals surface area (Å²) in [6.07, 6.45) is 6.26. The van der Waals surface area contributed by atoms with Crippen LogP contribution in [0.5, 0.6) is 0 Å². The normalized spacial score (nSPS) is 11.2. The molecular formula is C10H14ClN. The van der Waals surface area contributed by atoms with Crippen LogP contribution in [0, 0.1) is 6.92 Å². The lowest BCUT2D eigenvalue weighted by atomic mass is 10.3. The molecular weight excluding hydrogens is 170 g/mol. The molecule has 1 nitrogen and oxygen atoms in total. The Morgan fingerprint density at radius 2 is 2.33 bits per heavy atom. The lowest BCUT2D eigenvalue weighted by Crippen LogP contribution is -1.96. The van der Waals surface area contributed by atoms with Gasteiger partial charge in [0.1, 0.15) is 0 Å². The van der Waals surface area contributed by atoms with Gasteiger partial charge in [-0.15, -0.1) is 11.6 Å². The van der Waals surface area contributed by atoms with Crippen LogP contribution in [0.4, 0.5) is 0 Å². The van der Waals surface area contributed by atoms with Gasteiger partial charge < -0.3 is 4.57 Å². The van der Waals surface area contributed by atoms with Gasteiger partial charge in [-0.1, -0.05) is 12.2 Å². The Bertz CT molecular complexity index is 273. The highest BCUT2D eigenvalue weighted by Crippen LogP contribution is 2.12. The first-order valence-corrected chi connectivity index (χ1v) is 4.64. The summed E-state index contributed by atoms with van der Waals surface area (Å²) in [6, 6.07) is 2.08. The number of alkyl halides is 1. The third-order valence-electron chi connectivity index (χ3n) is 2.03. The van der Waals surface area contributed by atoms with Crippen molar-refractivity contribution >= 4 is 11.6 Å². The average Bonchev–Trinajstić information content (AvgIpc) is 2.43. The summed E-state index contributed by atoms with van der Waals surface area (Å²) in [5, 5.41) is 0. The van der Waals surface area contributed by atoms with Gasteiger partial charge in [0.05, 0.1) is 0 Å². The van der Waals surface area contributed by atoms with Crippen LogP contribution in [0.2, 0.25) is 0 Å². The number of allylic oxidation sites excluding steroid dienone is 2. The van der Waals surface area contributed by atoms with E-state index >= 15 is 0 Å². The van der Waals surface area contributed by atoms with Crippen molar-refractivity contribution in [2.45, 2.75) is 26.3 Å². The van der Waals surface area contributed by atoms with Crippen LogP contribution < -0.4 is 0 Å². The Kier molecular flexibility index (Phi) is 3.42. The van der Waals surface area contributed by atoms with E-state index in [2.05, 4.69) is 35.9 Å². The highest BCUT2D eigenvalue weighted by Gasteiger charge is 2.00. The first-order chi connectivity index (χ1) is 5.79. The van der Waals surface area contributed by atoms with Crippen molar-refractivity contribution in [1.29, 1.82) is 0 Å². The van der Waals surface area contributed by atoms with Gasteiger partial charge >= 0.3 is 0 Å². The number of nitrogens with zero attached hydrogens (tertiary/aromatic N) is 1. The van der Waals surface area contributed by atoms with Gasteiger partial charge in [0, 0.05) is 24.3 Å². The van der Waals surface area contributed by atoms with Crippen molar-refractivity contribution in [3.8, 4) is 0 Å². The molecule has 0 amide bonds. The quantitative estimate of drug-likeness (QED) is 0.501. The van der Waals surface area contributed by atoms with Crippen LogP contribution in [-0.4, -0.2) is 4.57 Å². The molecule has 0 unspecified atom stereocenters. The molecule has 0 N–H and O–H groups in total. The minimum atomic E-state index is 0.606. The van der Waals surface area contributed by atoms with Crippen molar-refractivity contribution in [2.75, 3.05) is 0 Å². The minimum absolute atomic E-state index is 0.606. The van der Waals surface area contributed by atoms with Gasteiger partial charge in [0.15, 0.2) is 0 Å². The summed E-state index contributed by atoms with van der Waals surface area (Å²) in [4.78, 5) is 0. The van der Waals surface area contributed by atoms with Crippen LogP contribution in [0.3, 0.4) is 0 Å². The van der Waals surface area contributed by atoms with E-state index in [1.54, 1.807) is 0 Å². The zero-order valence-corrected chi connectivity index (χ0v) is 8.30. The number of halogens is 1. The second-order valence-corrected chi connectivity index (χ2v) is 3.05. The van der Waals surface area contributed by atoms with E-state index in [4.69, 9.17) is 11.6 Å². The molecule has 66 valence electrons. The van der Waals surface area contributed by atoms with Crippen LogP contribution in [0.1, 0.15) is 18.2 Å². The summed E-state index contributed by atoms with van der Waals surface area (Å²) in [5.41, 5.74) is 2.49. The highest BCUT2D eigenvalue weighted by atomic mass is 35.5. The molecule has 0 saturated heterocycles. The maximum Gasteiger partial charge on any atom is 0.0491 e. The van der Waals surface area contributed by atoms with E-state index in [1.807, 2.05) is 6.92 Å². The van der Waals surface area contributed by atoms with Gasteiger partial charge in [-0.2, -0.15) is 0 Å². The minimum Gasteiger partial charge on any atom is -0.348 e. The Morgan fingerprint density at radius 1 is 1.58 bits per heavy atom. The predicted octanol–water partition coefficient (Wildman–Crippen LogP) is 3.11. The van der Waals surface area contributed by atoms with Crippen LogP contribution in [0.15, 0.2) is 24.4 Å². The number of hydrogen-bond donors (Lipinski definition) is 0. The lowest BCUT2D eigenvalue weighted by Gasteiger charge is -2.02. The van der Waals surface area contributed by atoms with E-state index in [0.717, 1.165) is 6.54 Å². The fourth-order valence-electron chi connectivity index (χ4n) is 1.15. The largest absolute Gasteiger partial charge is 0.348 e. The molecule has 1 aromatic rings. The van der Waals surface area contributed by atoms with E-state index < -0.39 is 0 Å². The molecule has 12 heavy (non-hydrogen) atoms. The van der Waals surface area contributed by atoms with Crippen LogP contribution >= 0.6 is 11.6 Å². The molecule has 0 aliphatic heterocycles. The molecule has 1 rings (SSSR count). The molecule has 2 heteroatoms. The fourth-order valence-corrected chi connectivity index (χ4v) is 1.44.